The van der Waals surface area contributed by atoms with Gasteiger partial charge in [-0.2, -0.15) is 0 Å². The molecule has 0 bridgehead atoms. The van der Waals surface area contributed by atoms with Gasteiger partial charge in [-0.1, -0.05) is 24.3 Å². The highest BCUT2D eigenvalue weighted by atomic mass is 127. The highest BCUT2D eigenvalue weighted by Gasteiger charge is 2.27. The number of aliphatic imine (C=N–C) groups is 1. The van der Waals surface area contributed by atoms with Crippen LogP contribution in [0.25, 0.3) is 0 Å². The van der Waals surface area contributed by atoms with Crippen LogP contribution in [-0.2, 0) is 18.6 Å². The predicted octanol–water partition coefficient (Wildman–Crippen LogP) is 3.13. The minimum atomic E-state index is -1.11. The van der Waals surface area contributed by atoms with Gasteiger partial charge in [0, 0.05) is 19.6 Å². The molecule has 0 saturated carbocycles. The van der Waals surface area contributed by atoms with Crippen LogP contribution in [0.15, 0.2) is 52.1 Å². The van der Waals surface area contributed by atoms with Crippen molar-refractivity contribution in [2.75, 3.05) is 19.6 Å². The van der Waals surface area contributed by atoms with Crippen molar-refractivity contribution in [3.8, 4) is 0 Å². The summed E-state index contributed by atoms with van der Waals surface area (Å²) in [5.41, 5.74) is 1.64. The van der Waals surface area contributed by atoms with E-state index in [1.54, 1.807) is 25.3 Å². The molecule has 1 aromatic carbocycles. The number of rotatable bonds is 4. The lowest BCUT2D eigenvalue weighted by atomic mass is 10.0. The summed E-state index contributed by atoms with van der Waals surface area (Å²) in [5, 5.41) is 13.9. The van der Waals surface area contributed by atoms with Gasteiger partial charge in [-0.3, -0.25) is 0 Å². The van der Waals surface area contributed by atoms with E-state index >= 15 is 0 Å². The molecule has 0 fully saturated rings. The molecule has 0 spiro atoms. The van der Waals surface area contributed by atoms with Gasteiger partial charge in [-0.25, -0.2) is 4.99 Å². The maximum Gasteiger partial charge on any atom is 0.194 e. The first-order valence-corrected chi connectivity index (χ1v) is 8.46. The van der Waals surface area contributed by atoms with E-state index in [2.05, 4.69) is 46.4 Å². The van der Waals surface area contributed by atoms with Crippen LogP contribution in [0.2, 0.25) is 0 Å². The van der Waals surface area contributed by atoms with Crippen molar-refractivity contribution in [1.29, 1.82) is 0 Å². The first kappa shape index (κ1) is 19.8. The van der Waals surface area contributed by atoms with Crippen LogP contribution < -0.4 is 5.32 Å². The number of furan rings is 1. The smallest absolute Gasteiger partial charge is 0.194 e. The van der Waals surface area contributed by atoms with Gasteiger partial charge in [0.25, 0.3) is 0 Å². The molecule has 6 heteroatoms. The minimum Gasteiger partial charge on any atom is -0.466 e. The van der Waals surface area contributed by atoms with E-state index in [0.29, 0.717) is 5.76 Å². The van der Waals surface area contributed by atoms with E-state index in [0.717, 1.165) is 32.0 Å². The van der Waals surface area contributed by atoms with Gasteiger partial charge in [0.15, 0.2) is 5.96 Å². The first-order valence-electron chi connectivity index (χ1n) is 8.46. The van der Waals surface area contributed by atoms with Gasteiger partial charge in [-0.15, -0.1) is 24.0 Å². The second-order valence-electron chi connectivity index (χ2n) is 6.36. The summed E-state index contributed by atoms with van der Waals surface area (Å²) in [6, 6.07) is 12.1. The van der Waals surface area contributed by atoms with E-state index in [9.17, 15) is 5.11 Å². The van der Waals surface area contributed by atoms with Gasteiger partial charge in [0.1, 0.15) is 11.4 Å². The molecule has 0 aliphatic carbocycles. The van der Waals surface area contributed by atoms with E-state index in [-0.39, 0.29) is 30.5 Å². The Bertz CT molecular complexity index is 698. The standard InChI is InChI=1S/C19H25N3O2.HI/c1-3-20-18(21-14-19(2,23)17-9-6-12-24-17)22-11-10-15-7-4-5-8-16(15)13-22;/h4-9,12,23H,3,10-11,13-14H2,1-2H3,(H,20,21);1H. The first-order chi connectivity index (χ1) is 11.6. The topological polar surface area (TPSA) is 61.0 Å². The summed E-state index contributed by atoms with van der Waals surface area (Å²) in [6.07, 6.45) is 2.58. The Labute approximate surface area is 166 Å². The zero-order chi connectivity index (χ0) is 17.0. The van der Waals surface area contributed by atoms with E-state index < -0.39 is 5.60 Å². The molecule has 2 heterocycles. The SMILES string of the molecule is CCNC(=NCC(C)(O)c1ccco1)N1CCc2ccccc2C1.I. The van der Waals surface area contributed by atoms with Crippen LogP contribution in [-0.4, -0.2) is 35.6 Å². The Hall–Kier alpha value is -1.54. The maximum atomic E-state index is 10.6. The molecule has 25 heavy (non-hydrogen) atoms. The molecule has 2 aromatic rings. The fraction of sp³-hybridized carbons (Fsp3) is 0.421. The molecule has 1 atom stereocenters. The zero-order valence-corrected chi connectivity index (χ0v) is 17.1. The Morgan fingerprint density at radius 1 is 1.28 bits per heavy atom. The van der Waals surface area contributed by atoms with Gasteiger partial charge in [-0.05, 0) is 43.5 Å². The van der Waals surface area contributed by atoms with Crippen molar-refractivity contribution in [3.63, 3.8) is 0 Å². The van der Waals surface area contributed by atoms with E-state index in [4.69, 9.17) is 4.42 Å². The second kappa shape index (κ2) is 8.71. The number of fused-ring (bicyclic) bond motifs is 1. The number of guanidine groups is 1. The summed E-state index contributed by atoms with van der Waals surface area (Å²) < 4.78 is 5.33. The van der Waals surface area contributed by atoms with Crippen LogP contribution in [0.4, 0.5) is 0 Å². The summed E-state index contributed by atoms with van der Waals surface area (Å²) in [5.74, 6) is 1.37. The van der Waals surface area contributed by atoms with Crippen LogP contribution in [0.1, 0.15) is 30.7 Å². The molecule has 1 aromatic heterocycles. The minimum absolute atomic E-state index is 0. The summed E-state index contributed by atoms with van der Waals surface area (Å²) in [6.45, 7) is 6.58. The Morgan fingerprint density at radius 3 is 2.72 bits per heavy atom. The predicted molar refractivity (Wildman–Crippen MR) is 110 cm³/mol. The van der Waals surface area contributed by atoms with Crippen molar-refractivity contribution >= 4 is 29.9 Å². The van der Waals surface area contributed by atoms with Crippen molar-refractivity contribution in [1.82, 2.24) is 10.2 Å². The molecule has 0 amide bonds. The Morgan fingerprint density at radius 2 is 2.04 bits per heavy atom. The molecule has 0 saturated heterocycles. The van der Waals surface area contributed by atoms with E-state index in [1.165, 1.54) is 11.1 Å². The second-order valence-corrected chi connectivity index (χ2v) is 6.36. The monoisotopic (exact) mass is 455 g/mol. The van der Waals surface area contributed by atoms with Gasteiger partial charge < -0.3 is 19.7 Å². The number of hydrogen-bond donors (Lipinski definition) is 2. The van der Waals surface area contributed by atoms with Gasteiger partial charge in [0.2, 0.25) is 0 Å². The number of nitrogens with zero attached hydrogens (tertiary/aromatic N) is 2. The van der Waals surface area contributed by atoms with Crippen molar-refractivity contribution in [2.45, 2.75) is 32.4 Å². The molecule has 0 radical (unpaired) electrons. The average Bonchev–Trinajstić information content (AvgIpc) is 3.14. The Kier molecular flexibility index (Phi) is 6.89. The van der Waals surface area contributed by atoms with Crippen molar-refractivity contribution in [3.05, 3.63) is 59.5 Å². The van der Waals surface area contributed by atoms with E-state index in [1.807, 2.05) is 0 Å². The molecule has 136 valence electrons. The highest BCUT2D eigenvalue weighted by molar-refractivity contribution is 14.0. The van der Waals surface area contributed by atoms with Crippen molar-refractivity contribution < 1.29 is 9.52 Å². The summed E-state index contributed by atoms with van der Waals surface area (Å²) in [4.78, 5) is 6.90. The molecular weight excluding hydrogens is 429 g/mol. The molecule has 3 rings (SSSR count). The normalized spacial score (nSPS) is 16.6. The number of aliphatic hydroxyl groups is 1. The quantitative estimate of drug-likeness (QED) is 0.423. The fourth-order valence-corrected chi connectivity index (χ4v) is 2.99. The van der Waals surface area contributed by atoms with Crippen LogP contribution in [0, 0.1) is 0 Å². The average molecular weight is 455 g/mol. The molecule has 1 aliphatic heterocycles. The van der Waals surface area contributed by atoms with Crippen molar-refractivity contribution in [2.24, 2.45) is 4.99 Å². The number of benzene rings is 1. The largest absolute Gasteiger partial charge is 0.466 e. The molecule has 1 aliphatic rings. The lowest BCUT2D eigenvalue weighted by Crippen LogP contribution is -2.44. The molecular formula is C19H26IN3O2. The number of hydrogen-bond acceptors (Lipinski definition) is 3. The number of halogens is 1. The lowest BCUT2D eigenvalue weighted by molar-refractivity contribution is 0.0434. The Balaban J connectivity index is 0.00000225. The third kappa shape index (κ3) is 4.76. The molecule has 1 unspecified atom stereocenters. The lowest BCUT2D eigenvalue weighted by Gasteiger charge is -2.32. The number of nitrogens with one attached hydrogen (secondary N) is 1. The van der Waals surface area contributed by atoms with Crippen LogP contribution >= 0.6 is 24.0 Å². The highest BCUT2D eigenvalue weighted by Crippen LogP contribution is 2.22. The summed E-state index contributed by atoms with van der Waals surface area (Å²) in [7, 11) is 0. The van der Waals surface area contributed by atoms with Crippen LogP contribution in [0.5, 0.6) is 0 Å². The van der Waals surface area contributed by atoms with Gasteiger partial charge >= 0.3 is 0 Å². The maximum absolute atomic E-state index is 10.6. The third-order valence-corrected chi connectivity index (χ3v) is 4.35. The zero-order valence-electron chi connectivity index (χ0n) is 14.7. The van der Waals surface area contributed by atoms with Gasteiger partial charge in [0.05, 0.1) is 12.8 Å². The fourth-order valence-electron chi connectivity index (χ4n) is 2.99. The van der Waals surface area contributed by atoms with Crippen LogP contribution in [0.3, 0.4) is 0 Å². The molecule has 5 nitrogen and oxygen atoms in total. The molecule has 2 N–H and O–H groups in total. The third-order valence-electron chi connectivity index (χ3n) is 4.35. The summed E-state index contributed by atoms with van der Waals surface area (Å²) >= 11 is 0.